The summed E-state index contributed by atoms with van der Waals surface area (Å²) < 4.78 is 1.69. The number of aromatic nitrogens is 5. The van der Waals surface area contributed by atoms with E-state index < -0.39 is 0 Å². The molecule has 5 heteroatoms. The highest BCUT2D eigenvalue weighted by Gasteiger charge is 1.90. The standard InChI is InChI=1S/C3H3N5/c1-4-6-3-7-5-2-8(1)3/h1-2H,(H,6,7). The first-order valence-corrected chi connectivity index (χ1v) is 2.15. The zero-order valence-corrected chi connectivity index (χ0v) is 3.94. The number of H-pyrrole nitrogens is 1. The topological polar surface area (TPSA) is 58.9 Å². The van der Waals surface area contributed by atoms with Crippen molar-refractivity contribution in [1.29, 1.82) is 0 Å². The molecule has 0 amide bonds. The van der Waals surface area contributed by atoms with E-state index in [-0.39, 0.29) is 0 Å². The Balaban J connectivity index is 3.06. The van der Waals surface area contributed by atoms with Gasteiger partial charge in [-0.05, 0) is 0 Å². The van der Waals surface area contributed by atoms with Gasteiger partial charge in [0.25, 0.3) is 0 Å². The Hall–Kier alpha value is -1.39. The number of nitrogens with one attached hydrogen (secondary N) is 1. The first-order chi connectivity index (χ1) is 3.97. The molecular formula is C3H3N5. The summed E-state index contributed by atoms with van der Waals surface area (Å²) in [5.41, 5.74) is 0. The summed E-state index contributed by atoms with van der Waals surface area (Å²) >= 11 is 0. The van der Waals surface area contributed by atoms with Crippen molar-refractivity contribution >= 4 is 5.78 Å². The van der Waals surface area contributed by atoms with Crippen molar-refractivity contribution in [3.63, 3.8) is 0 Å². The molecule has 0 radical (unpaired) electrons. The van der Waals surface area contributed by atoms with E-state index in [2.05, 4.69) is 20.4 Å². The molecule has 0 saturated heterocycles. The van der Waals surface area contributed by atoms with Crippen molar-refractivity contribution in [2.45, 2.75) is 0 Å². The lowest BCUT2D eigenvalue weighted by Gasteiger charge is -1.66. The predicted octanol–water partition coefficient (Wildman–Crippen LogP) is -0.548. The van der Waals surface area contributed by atoms with Crippen LogP contribution in [-0.2, 0) is 0 Å². The fourth-order valence-corrected chi connectivity index (χ4v) is 0.556. The maximum Gasteiger partial charge on any atom is 0.250 e. The Bertz CT molecular complexity index is 229. The van der Waals surface area contributed by atoms with E-state index in [1.807, 2.05) is 0 Å². The highest BCUT2D eigenvalue weighted by Crippen LogP contribution is 1.86. The lowest BCUT2D eigenvalue weighted by molar-refractivity contribution is 1.02. The predicted molar refractivity (Wildman–Crippen MR) is 25.1 cm³/mol. The van der Waals surface area contributed by atoms with E-state index in [9.17, 15) is 0 Å². The number of hydrogen-bond donors (Lipinski definition) is 1. The molecule has 0 aliphatic carbocycles. The van der Waals surface area contributed by atoms with Crippen molar-refractivity contribution < 1.29 is 0 Å². The third-order valence-electron chi connectivity index (χ3n) is 0.920. The lowest BCUT2D eigenvalue weighted by atomic mass is 11.1. The van der Waals surface area contributed by atoms with Crippen LogP contribution in [0.5, 0.6) is 0 Å². The van der Waals surface area contributed by atoms with Gasteiger partial charge in [0.15, 0.2) is 0 Å². The Morgan fingerprint density at radius 3 is 3.38 bits per heavy atom. The largest absolute Gasteiger partial charge is 0.255 e. The molecule has 5 nitrogen and oxygen atoms in total. The number of aromatic amines is 1. The van der Waals surface area contributed by atoms with Gasteiger partial charge in [-0.1, -0.05) is 0 Å². The van der Waals surface area contributed by atoms with Crippen molar-refractivity contribution in [3.8, 4) is 0 Å². The Morgan fingerprint density at radius 2 is 2.50 bits per heavy atom. The second-order valence-electron chi connectivity index (χ2n) is 1.42. The second kappa shape index (κ2) is 1.06. The normalized spacial score (nSPS) is 10.5. The minimum atomic E-state index is 0.671. The van der Waals surface area contributed by atoms with Crippen LogP contribution in [0, 0.1) is 0 Å². The van der Waals surface area contributed by atoms with Crippen LogP contribution < -0.4 is 0 Å². The van der Waals surface area contributed by atoms with E-state index >= 15 is 0 Å². The Kier molecular flexibility index (Phi) is 0.476. The minimum Gasteiger partial charge on any atom is -0.255 e. The van der Waals surface area contributed by atoms with Crippen LogP contribution in [0.2, 0.25) is 0 Å². The molecule has 0 aliphatic rings. The molecule has 0 aliphatic heterocycles. The van der Waals surface area contributed by atoms with Crippen molar-refractivity contribution in [2.75, 3.05) is 0 Å². The van der Waals surface area contributed by atoms with E-state index in [4.69, 9.17) is 0 Å². The van der Waals surface area contributed by atoms with Crippen molar-refractivity contribution in [2.24, 2.45) is 0 Å². The fraction of sp³-hybridized carbons (Fsp3) is 0. The molecule has 2 rings (SSSR count). The summed E-state index contributed by atoms with van der Waals surface area (Å²) in [5.74, 6) is 0.671. The number of rotatable bonds is 0. The van der Waals surface area contributed by atoms with Gasteiger partial charge in [-0.3, -0.25) is 4.40 Å². The number of nitrogens with zero attached hydrogens (tertiary/aromatic N) is 4. The van der Waals surface area contributed by atoms with Gasteiger partial charge < -0.3 is 0 Å². The minimum absolute atomic E-state index is 0.671. The van der Waals surface area contributed by atoms with Crippen LogP contribution in [0.25, 0.3) is 5.78 Å². The Morgan fingerprint density at radius 1 is 1.50 bits per heavy atom. The van der Waals surface area contributed by atoms with Crippen LogP contribution in [0.4, 0.5) is 0 Å². The molecule has 2 heterocycles. The van der Waals surface area contributed by atoms with Gasteiger partial charge in [-0.15, -0.1) is 10.2 Å². The van der Waals surface area contributed by atoms with E-state index in [1.165, 1.54) is 0 Å². The average molecular weight is 109 g/mol. The molecule has 2 aromatic rings. The van der Waals surface area contributed by atoms with Crippen LogP contribution in [0.3, 0.4) is 0 Å². The fourth-order valence-electron chi connectivity index (χ4n) is 0.556. The first kappa shape index (κ1) is 3.59. The molecule has 2 aromatic heterocycles. The molecule has 0 bridgehead atoms. The SMILES string of the molecule is c1nnc2[nH]ncn12. The molecule has 1 N–H and O–H groups in total. The molecule has 0 atom stereocenters. The Labute approximate surface area is 44.4 Å². The molecule has 40 valence electrons. The average Bonchev–Trinajstić information content (AvgIpc) is 2.15. The summed E-state index contributed by atoms with van der Waals surface area (Å²) in [6, 6.07) is 0. The van der Waals surface area contributed by atoms with Gasteiger partial charge in [-0.25, -0.2) is 5.10 Å². The summed E-state index contributed by atoms with van der Waals surface area (Å²) in [6.07, 6.45) is 3.19. The second-order valence-corrected chi connectivity index (χ2v) is 1.42. The molecule has 8 heavy (non-hydrogen) atoms. The summed E-state index contributed by atoms with van der Waals surface area (Å²) in [4.78, 5) is 0. The summed E-state index contributed by atoms with van der Waals surface area (Å²) in [7, 11) is 0. The number of fused-ring (bicyclic) bond motifs is 1. The zero-order chi connectivity index (χ0) is 5.40. The lowest BCUT2D eigenvalue weighted by Crippen LogP contribution is -1.70. The number of hydrogen-bond acceptors (Lipinski definition) is 3. The molecule has 0 unspecified atom stereocenters. The summed E-state index contributed by atoms with van der Waals surface area (Å²) in [6.45, 7) is 0. The van der Waals surface area contributed by atoms with E-state index in [1.54, 1.807) is 17.1 Å². The molecule has 0 saturated carbocycles. The maximum atomic E-state index is 3.70. The van der Waals surface area contributed by atoms with Gasteiger partial charge in [0.05, 0.1) is 0 Å². The maximum absolute atomic E-state index is 3.70. The van der Waals surface area contributed by atoms with Crippen LogP contribution in [-0.4, -0.2) is 24.8 Å². The van der Waals surface area contributed by atoms with E-state index in [0.29, 0.717) is 5.78 Å². The first-order valence-electron chi connectivity index (χ1n) is 2.15. The summed E-state index contributed by atoms with van der Waals surface area (Å²) in [5, 5.41) is 13.6. The molecule has 0 fully saturated rings. The van der Waals surface area contributed by atoms with Gasteiger partial charge in [0.1, 0.15) is 12.7 Å². The highest BCUT2D eigenvalue weighted by molar-refractivity contribution is 5.20. The van der Waals surface area contributed by atoms with Crippen molar-refractivity contribution in [1.82, 2.24) is 24.8 Å². The molecule has 0 aromatic carbocycles. The quantitative estimate of drug-likeness (QED) is 0.494. The third-order valence-corrected chi connectivity index (χ3v) is 0.920. The van der Waals surface area contributed by atoms with Crippen LogP contribution in [0.1, 0.15) is 0 Å². The van der Waals surface area contributed by atoms with Crippen molar-refractivity contribution in [3.05, 3.63) is 12.7 Å². The highest BCUT2D eigenvalue weighted by atomic mass is 15.3. The van der Waals surface area contributed by atoms with Gasteiger partial charge in [0, 0.05) is 0 Å². The monoisotopic (exact) mass is 109 g/mol. The van der Waals surface area contributed by atoms with Crippen LogP contribution >= 0.6 is 0 Å². The van der Waals surface area contributed by atoms with Gasteiger partial charge >= 0.3 is 0 Å². The van der Waals surface area contributed by atoms with E-state index in [0.717, 1.165) is 0 Å². The van der Waals surface area contributed by atoms with Crippen LogP contribution in [0.15, 0.2) is 12.7 Å². The molecule has 0 spiro atoms. The van der Waals surface area contributed by atoms with Gasteiger partial charge in [-0.2, -0.15) is 5.10 Å². The molecular weight excluding hydrogens is 106 g/mol. The zero-order valence-electron chi connectivity index (χ0n) is 3.94. The smallest absolute Gasteiger partial charge is 0.250 e. The van der Waals surface area contributed by atoms with Gasteiger partial charge in [0.2, 0.25) is 5.78 Å². The third kappa shape index (κ3) is 0.281.